The van der Waals surface area contributed by atoms with Crippen LogP contribution in [0.1, 0.15) is 58.1 Å². The number of sulfonamides is 1. The van der Waals surface area contributed by atoms with E-state index in [0.717, 1.165) is 26.3 Å². The van der Waals surface area contributed by atoms with E-state index in [1.54, 1.807) is 37.3 Å². The fraction of sp³-hybridized carbons (Fsp3) is 0.355. The van der Waals surface area contributed by atoms with Crippen molar-refractivity contribution >= 4 is 43.5 Å². The van der Waals surface area contributed by atoms with Gasteiger partial charge in [-0.25, -0.2) is 8.42 Å². The Morgan fingerprint density at radius 3 is 2.02 bits per heavy atom. The molecule has 0 unspecified atom stereocenters. The summed E-state index contributed by atoms with van der Waals surface area (Å²) in [6.07, 6.45) is 0.745. The van der Waals surface area contributed by atoms with Crippen molar-refractivity contribution in [1.29, 1.82) is 0 Å². The SMILES string of the molecule is CC[C@@H](C)NC(=O)[C@@H](C)N(Cc1ccc(Br)cc1)C(=O)CN(c1ccc(C(C)C)cc1)S(=O)(=O)c1ccccc1. The molecule has 0 radical (unpaired) electrons. The van der Waals surface area contributed by atoms with E-state index in [9.17, 15) is 18.0 Å². The largest absolute Gasteiger partial charge is 0.352 e. The smallest absolute Gasteiger partial charge is 0.264 e. The third kappa shape index (κ3) is 7.95. The predicted molar refractivity (Wildman–Crippen MR) is 164 cm³/mol. The Morgan fingerprint density at radius 1 is 0.875 bits per heavy atom. The van der Waals surface area contributed by atoms with Gasteiger partial charge in [0.25, 0.3) is 10.0 Å². The number of benzene rings is 3. The average Bonchev–Trinajstić information content (AvgIpc) is 2.95. The molecule has 3 aromatic rings. The lowest BCUT2D eigenvalue weighted by molar-refractivity contribution is -0.139. The maximum Gasteiger partial charge on any atom is 0.264 e. The summed E-state index contributed by atoms with van der Waals surface area (Å²) in [7, 11) is -4.08. The first kappa shape index (κ1) is 31.4. The summed E-state index contributed by atoms with van der Waals surface area (Å²) < 4.78 is 29.7. The van der Waals surface area contributed by atoms with E-state index in [1.165, 1.54) is 17.0 Å². The van der Waals surface area contributed by atoms with Crippen molar-refractivity contribution in [3.8, 4) is 0 Å². The molecule has 0 bridgehead atoms. The highest BCUT2D eigenvalue weighted by atomic mass is 79.9. The van der Waals surface area contributed by atoms with Gasteiger partial charge in [0.15, 0.2) is 0 Å². The number of carbonyl (C=O) groups is 2. The second kappa shape index (κ2) is 13.9. The van der Waals surface area contributed by atoms with E-state index in [0.29, 0.717) is 5.69 Å². The molecule has 7 nitrogen and oxygen atoms in total. The molecule has 0 fully saturated rings. The van der Waals surface area contributed by atoms with Gasteiger partial charge in [-0.05, 0) is 73.7 Å². The third-order valence-electron chi connectivity index (χ3n) is 6.89. The lowest BCUT2D eigenvalue weighted by Crippen LogP contribution is -2.52. The van der Waals surface area contributed by atoms with E-state index < -0.39 is 28.5 Å². The molecule has 0 saturated carbocycles. The van der Waals surface area contributed by atoms with Gasteiger partial charge in [-0.2, -0.15) is 0 Å². The quantitative estimate of drug-likeness (QED) is 0.263. The first-order valence-corrected chi connectivity index (χ1v) is 15.7. The molecule has 0 aliphatic heterocycles. The molecular formula is C31H38BrN3O4S. The molecule has 2 amide bonds. The van der Waals surface area contributed by atoms with Gasteiger partial charge in [0, 0.05) is 17.1 Å². The fourth-order valence-electron chi connectivity index (χ4n) is 4.11. The Morgan fingerprint density at radius 2 is 1.48 bits per heavy atom. The molecule has 214 valence electrons. The monoisotopic (exact) mass is 627 g/mol. The summed E-state index contributed by atoms with van der Waals surface area (Å²) in [5, 5.41) is 2.95. The van der Waals surface area contributed by atoms with Crippen LogP contribution in [0.5, 0.6) is 0 Å². The number of carbonyl (C=O) groups excluding carboxylic acids is 2. The summed E-state index contributed by atoms with van der Waals surface area (Å²) >= 11 is 3.43. The Balaban J connectivity index is 2.02. The molecule has 9 heteroatoms. The topological polar surface area (TPSA) is 86.8 Å². The van der Waals surface area contributed by atoms with E-state index in [-0.39, 0.29) is 29.3 Å². The van der Waals surface area contributed by atoms with Crippen molar-refractivity contribution in [2.45, 2.75) is 70.5 Å². The molecule has 1 N–H and O–H groups in total. The summed E-state index contributed by atoms with van der Waals surface area (Å²) in [5.74, 6) is -0.512. The van der Waals surface area contributed by atoms with Crippen molar-refractivity contribution < 1.29 is 18.0 Å². The second-order valence-electron chi connectivity index (χ2n) is 10.2. The van der Waals surface area contributed by atoms with Crippen LogP contribution in [-0.4, -0.2) is 43.8 Å². The molecular weight excluding hydrogens is 590 g/mol. The standard InChI is InChI=1S/C31H38BrN3O4S/c1-6-23(4)33-31(37)24(5)34(20-25-12-16-27(32)17-13-25)30(36)21-35(28-18-14-26(15-19-28)22(2)3)40(38,39)29-10-8-7-9-11-29/h7-19,22-24H,6,20-21H2,1-5H3,(H,33,37)/t23-,24-/m1/s1. The number of rotatable bonds is 12. The zero-order chi connectivity index (χ0) is 29.4. The Hall–Kier alpha value is -3.17. The van der Waals surface area contributed by atoms with Crippen LogP contribution in [-0.2, 0) is 26.2 Å². The van der Waals surface area contributed by atoms with Crippen molar-refractivity contribution in [3.05, 3.63) is 94.5 Å². The minimum atomic E-state index is -4.08. The van der Waals surface area contributed by atoms with Crippen molar-refractivity contribution in [2.75, 3.05) is 10.8 Å². The highest BCUT2D eigenvalue weighted by Gasteiger charge is 2.32. The number of nitrogens with one attached hydrogen (secondary N) is 1. The van der Waals surface area contributed by atoms with Crippen molar-refractivity contribution in [3.63, 3.8) is 0 Å². The molecule has 3 aromatic carbocycles. The van der Waals surface area contributed by atoms with Gasteiger partial charge < -0.3 is 10.2 Å². The van der Waals surface area contributed by atoms with Gasteiger partial charge in [-0.3, -0.25) is 13.9 Å². The minimum Gasteiger partial charge on any atom is -0.352 e. The maximum absolute atomic E-state index is 14.0. The number of hydrogen-bond acceptors (Lipinski definition) is 4. The number of amides is 2. The molecule has 2 atom stereocenters. The van der Waals surface area contributed by atoms with Gasteiger partial charge in [0.1, 0.15) is 12.6 Å². The Kier molecular flexibility index (Phi) is 10.9. The zero-order valence-corrected chi connectivity index (χ0v) is 26.1. The molecule has 0 spiro atoms. The van der Waals surface area contributed by atoms with Gasteiger partial charge in [0.2, 0.25) is 11.8 Å². The first-order valence-electron chi connectivity index (χ1n) is 13.5. The lowest BCUT2D eigenvalue weighted by Gasteiger charge is -2.32. The normalized spacial score (nSPS) is 13.0. The van der Waals surface area contributed by atoms with E-state index in [1.807, 2.05) is 50.2 Å². The van der Waals surface area contributed by atoms with Crippen molar-refractivity contribution in [2.24, 2.45) is 0 Å². The molecule has 0 aromatic heterocycles. The average molecular weight is 629 g/mol. The van der Waals surface area contributed by atoms with Crippen LogP contribution in [0.2, 0.25) is 0 Å². The number of hydrogen-bond donors (Lipinski definition) is 1. The number of nitrogens with zero attached hydrogens (tertiary/aromatic N) is 2. The van der Waals surface area contributed by atoms with Crippen molar-refractivity contribution in [1.82, 2.24) is 10.2 Å². The van der Waals surface area contributed by atoms with Gasteiger partial charge in [-0.15, -0.1) is 0 Å². The van der Waals surface area contributed by atoms with Crippen LogP contribution < -0.4 is 9.62 Å². The third-order valence-corrected chi connectivity index (χ3v) is 9.21. The summed E-state index contributed by atoms with van der Waals surface area (Å²) in [5.41, 5.74) is 2.25. The minimum absolute atomic E-state index is 0.0611. The molecule has 0 saturated heterocycles. The zero-order valence-electron chi connectivity index (χ0n) is 23.7. The number of anilines is 1. The highest BCUT2D eigenvalue weighted by Crippen LogP contribution is 2.26. The molecule has 0 heterocycles. The van der Waals surface area contributed by atoms with Gasteiger partial charge in [-0.1, -0.05) is 79.2 Å². The second-order valence-corrected chi connectivity index (χ2v) is 13.0. The predicted octanol–water partition coefficient (Wildman–Crippen LogP) is 6.10. The Bertz CT molecular complexity index is 1380. The van der Waals surface area contributed by atoms with E-state index in [4.69, 9.17) is 0 Å². The molecule has 40 heavy (non-hydrogen) atoms. The van der Waals surface area contributed by atoms with Crippen LogP contribution in [0.3, 0.4) is 0 Å². The summed E-state index contributed by atoms with van der Waals surface area (Å²) in [4.78, 5) is 28.6. The highest BCUT2D eigenvalue weighted by molar-refractivity contribution is 9.10. The molecule has 3 rings (SSSR count). The van der Waals surface area contributed by atoms with Crippen LogP contribution in [0.4, 0.5) is 5.69 Å². The summed E-state index contributed by atoms with van der Waals surface area (Å²) in [6, 6.07) is 21.8. The van der Waals surface area contributed by atoms with E-state index >= 15 is 0 Å². The van der Waals surface area contributed by atoms with E-state index in [2.05, 4.69) is 35.1 Å². The van der Waals surface area contributed by atoms with Crippen LogP contribution in [0.15, 0.2) is 88.2 Å². The number of halogens is 1. The fourth-order valence-corrected chi connectivity index (χ4v) is 5.81. The molecule has 0 aliphatic carbocycles. The maximum atomic E-state index is 14.0. The van der Waals surface area contributed by atoms with Gasteiger partial charge >= 0.3 is 0 Å². The van der Waals surface area contributed by atoms with Gasteiger partial charge in [0.05, 0.1) is 10.6 Å². The lowest BCUT2D eigenvalue weighted by atomic mass is 10.0. The molecule has 0 aliphatic rings. The summed E-state index contributed by atoms with van der Waals surface area (Å²) in [6.45, 7) is 9.34. The Labute approximate surface area is 246 Å². The van der Waals surface area contributed by atoms with Crippen LogP contribution in [0, 0.1) is 0 Å². The van der Waals surface area contributed by atoms with Crippen LogP contribution in [0.25, 0.3) is 0 Å². The van der Waals surface area contributed by atoms with Crippen LogP contribution >= 0.6 is 15.9 Å². The first-order chi connectivity index (χ1) is 18.9.